The average Bonchev–Trinajstić information content (AvgIpc) is 3.21. The molecule has 0 aliphatic carbocycles. The third-order valence-electron chi connectivity index (χ3n) is 6.00. The van der Waals surface area contributed by atoms with E-state index in [1.54, 1.807) is 6.20 Å². The number of rotatable bonds is 6. The van der Waals surface area contributed by atoms with Gasteiger partial charge in [0.2, 0.25) is 5.91 Å². The number of ether oxygens (including phenoxy) is 1. The van der Waals surface area contributed by atoms with Crippen LogP contribution in [0, 0.1) is 0 Å². The Morgan fingerprint density at radius 3 is 2.47 bits per heavy atom. The SMILES string of the molecule is CC1CN(c2ccc(NC(=O)CCc3nc4ccccc4n3-c3ccccc3)cn2)CC(C)O1. The number of carbonyl (C=O) groups is 1. The number of benzene rings is 2. The number of aromatic nitrogens is 3. The fraction of sp³-hybridized carbons (Fsp3) is 0.296. The molecule has 4 aromatic rings. The van der Waals surface area contributed by atoms with Gasteiger partial charge in [-0.05, 0) is 50.2 Å². The van der Waals surface area contributed by atoms with Crippen LogP contribution < -0.4 is 10.2 Å². The molecule has 1 saturated heterocycles. The Morgan fingerprint density at radius 2 is 1.74 bits per heavy atom. The fourth-order valence-corrected chi connectivity index (χ4v) is 4.57. The molecule has 2 aromatic heterocycles. The van der Waals surface area contributed by atoms with Crippen LogP contribution in [-0.4, -0.2) is 45.7 Å². The molecule has 3 heterocycles. The number of anilines is 2. The lowest BCUT2D eigenvalue weighted by atomic mass is 10.2. The molecule has 0 saturated carbocycles. The first kappa shape index (κ1) is 22.1. The molecule has 34 heavy (non-hydrogen) atoms. The molecule has 1 amide bonds. The van der Waals surface area contributed by atoms with Gasteiger partial charge in [-0.15, -0.1) is 0 Å². The van der Waals surface area contributed by atoms with Crippen LogP contribution in [-0.2, 0) is 16.0 Å². The number of aryl methyl sites for hydroxylation is 1. The number of pyridine rings is 1. The number of hydrogen-bond donors (Lipinski definition) is 1. The number of hydrogen-bond acceptors (Lipinski definition) is 5. The number of para-hydroxylation sites is 3. The van der Waals surface area contributed by atoms with E-state index in [0.29, 0.717) is 18.5 Å². The van der Waals surface area contributed by atoms with Crippen LogP contribution in [0.15, 0.2) is 72.9 Å². The van der Waals surface area contributed by atoms with Crippen LogP contribution in [0.4, 0.5) is 11.5 Å². The number of fused-ring (bicyclic) bond motifs is 1. The predicted octanol–water partition coefficient (Wildman–Crippen LogP) is 4.61. The topological polar surface area (TPSA) is 72.3 Å². The molecule has 0 radical (unpaired) electrons. The second kappa shape index (κ2) is 9.65. The molecule has 1 aliphatic rings. The zero-order valence-electron chi connectivity index (χ0n) is 19.5. The van der Waals surface area contributed by atoms with Crippen molar-refractivity contribution in [2.24, 2.45) is 0 Å². The molecule has 0 bridgehead atoms. The summed E-state index contributed by atoms with van der Waals surface area (Å²) < 4.78 is 7.93. The van der Waals surface area contributed by atoms with E-state index in [0.717, 1.165) is 41.5 Å². The van der Waals surface area contributed by atoms with Crippen LogP contribution in [0.2, 0.25) is 0 Å². The van der Waals surface area contributed by atoms with E-state index in [1.807, 2.05) is 48.5 Å². The minimum Gasteiger partial charge on any atom is -0.372 e. The smallest absolute Gasteiger partial charge is 0.224 e. The van der Waals surface area contributed by atoms with Crippen LogP contribution in [0.3, 0.4) is 0 Å². The first-order valence-electron chi connectivity index (χ1n) is 11.7. The number of nitrogens with zero attached hydrogens (tertiary/aromatic N) is 4. The van der Waals surface area contributed by atoms with Crippen molar-refractivity contribution in [3.63, 3.8) is 0 Å². The Hall–Kier alpha value is -3.71. The Balaban J connectivity index is 1.26. The summed E-state index contributed by atoms with van der Waals surface area (Å²) in [6.07, 6.45) is 2.92. The highest BCUT2D eigenvalue weighted by Crippen LogP contribution is 2.23. The zero-order chi connectivity index (χ0) is 23.5. The fourth-order valence-electron chi connectivity index (χ4n) is 4.57. The highest BCUT2D eigenvalue weighted by molar-refractivity contribution is 5.90. The second-order valence-electron chi connectivity index (χ2n) is 8.80. The van der Waals surface area contributed by atoms with E-state index in [1.165, 1.54) is 0 Å². The lowest BCUT2D eigenvalue weighted by molar-refractivity contribution is -0.116. The summed E-state index contributed by atoms with van der Waals surface area (Å²) in [4.78, 5) is 24.3. The van der Waals surface area contributed by atoms with Crippen molar-refractivity contribution in [3.8, 4) is 5.69 Å². The Kier molecular flexibility index (Phi) is 6.27. The molecule has 0 spiro atoms. The van der Waals surface area contributed by atoms with Gasteiger partial charge in [0.1, 0.15) is 11.6 Å². The van der Waals surface area contributed by atoms with E-state index in [4.69, 9.17) is 9.72 Å². The molecular weight excluding hydrogens is 426 g/mol. The predicted molar refractivity (Wildman–Crippen MR) is 134 cm³/mol. The van der Waals surface area contributed by atoms with Crippen molar-refractivity contribution in [2.75, 3.05) is 23.3 Å². The summed E-state index contributed by atoms with van der Waals surface area (Å²) >= 11 is 0. The Labute approximate surface area is 199 Å². The van der Waals surface area contributed by atoms with Gasteiger partial charge in [-0.1, -0.05) is 30.3 Å². The lowest BCUT2D eigenvalue weighted by Gasteiger charge is -2.36. The highest BCUT2D eigenvalue weighted by Gasteiger charge is 2.23. The van der Waals surface area contributed by atoms with Crippen LogP contribution in [0.25, 0.3) is 16.7 Å². The summed E-state index contributed by atoms with van der Waals surface area (Å²) in [5.41, 5.74) is 3.70. The molecule has 1 fully saturated rings. The standard InChI is InChI=1S/C27H29N5O2/c1-19-17-31(18-20(2)34-19)25-13-12-21(16-28-25)29-27(33)15-14-26-30-23-10-6-7-11-24(23)32(26)22-8-4-3-5-9-22/h3-13,16,19-20H,14-15,17-18H2,1-2H3,(H,29,33). The highest BCUT2D eigenvalue weighted by atomic mass is 16.5. The molecule has 7 nitrogen and oxygen atoms in total. The number of amides is 1. The summed E-state index contributed by atoms with van der Waals surface area (Å²) in [7, 11) is 0. The summed E-state index contributed by atoms with van der Waals surface area (Å²) in [5, 5.41) is 2.97. The van der Waals surface area contributed by atoms with Gasteiger partial charge in [-0.2, -0.15) is 0 Å². The quantitative estimate of drug-likeness (QED) is 0.460. The van der Waals surface area contributed by atoms with Gasteiger partial charge >= 0.3 is 0 Å². The summed E-state index contributed by atoms with van der Waals surface area (Å²) in [6, 6.07) is 22.0. The molecule has 2 aromatic carbocycles. The molecule has 174 valence electrons. The van der Waals surface area contributed by atoms with Gasteiger partial charge in [-0.25, -0.2) is 9.97 Å². The Morgan fingerprint density at radius 1 is 1.00 bits per heavy atom. The number of morpholine rings is 1. The van der Waals surface area contributed by atoms with Gasteiger partial charge < -0.3 is 15.0 Å². The van der Waals surface area contributed by atoms with Crippen molar-refractivity contribution in [3.05, 3.63) is 78.8 Å². The molecule has 5 rings (SSSR count). The van der Waals surface area contributed by atoms with Gasteiger partial charge in [0.25, 0.3) is 0 Å². The molecule has 1 N–H and O–H groups in total. The average molecular weight is 456 g/mol. The zero-order valence-corrected chi connectivity index (χ0v) is 19.5. The van der Waals surface area contributed by atoms with E-state index in [-0.39, 0.29) is 18.1 Å². The minimum absolute atomic E-state index is 0.0603. The normalized spacial score (nSPS) is 18.2. The molecular formula is C27H29N5O2. The van der Waals surface area contributed by atoms with Gasteiger partial charge in [-0.3, -0.25) is 9.36 Å². The van der Waals surface area contributed by atoms with E-state index < -0.39 is 0 Å². The third-order valence-corrected chi connectivity index (χ3v) is 6.00. The van der Waals surface area contributed by atoms with Gasteiger partial charge in [0, 0.05) is 31.6 Å². The molecule has 7 heteroatoms. The summed E-state index contributed by atoms with van der Waals surface area (Å²) in [5.74, 6) is 1.71. The second-order valence-corrected chi connectivity index (χ2v) is 8.80. The molecule has 2 unspecified atom stereocenters. The monoisotopic (exact) mass is 455 g/mol. The number of carbonyl (C=O) groups excluding carboxylic acids is 1. The van der Waals surface area contributed by atoms with Crippen LogP contribution in [0.1, 0.15) is 26.1 Å². The van der Waals surface area contributed by atoms with Crippen molar-refractivity contribution < 1.29 is 9.53 Å². The maximum atomic E-state index is 12.7. The lowest BCUT2D eigenvalue weighted by Crippen LogP contribution is -2.45. The maximum Gasteiger partial charge on any atom is 0.224 e. The first-order chi connectivity index (χ1) is 16.6. The first-order valence-corrected chi connectivity index (χ1v) is 11.7. The van der Waals surface area contributed by atoms with Crippen molar-refractivity contribution in [2.45, 2.75) is 38.9 Å². The number of imidazole rings is 1. The van der Waals surface area contributed by atoms with Crippen molar-refractivity contribution >= 4 is 28.4 Å². The van der Waals surface area contributed by atoms with Crippen LogP contribution >= 0.6 is 0 Å². The third kappa shape index (κ3) is 4.79. The maximum absolute atomic E-state index is 12.7. The molecule has 1 aliphatic heterocycles. The Bertz CT molecular complexity index is 1260. The summed E-state index contributed by atoms with van der Waals surface area (Å²) in [6.45, 7) is 5.77. The largest absolute Gasteiger partial charge is 0.372 e. The number of nitrogens with one attached hydrogen (secondary N) is 1. The van der Waals surface area contributed by atoms with Crippen molar-refractivity contribution in [1.29, 1.82) is 0 Å². The van der Waals surface area contributed by atoms with Crippen molar-refractivity contribution in [1.82, 2.24) is 14.5 Å². The van der Waals surface area contributed by atoms with Gasteiger partial charge in [0.05, 0.1) is 35.1 Å². The van der Waals surface area contributed by atoms with Crippen LogP contribution in [0.5, 0.6) is 0 Å². The van der Waals surface area contributed by atoms with E-state index >= 15 is 0 Å². The molecule has 2 atom stereocenters. The van der Waals surface area contributed by atoms with E-state index in [2.05, 4.69) is 51.8 Å². The minimum atomic E-state index is -0.0603. The van der Waals surface area contributed by atoms with E-state index in [9.17, 15) is 4.79 Å². The van der Waals surface area contributed by atoms with Gasteiger partial charge in [0.15, 0.2) is 0 Å².